The number of thioether (sulfide) groups is 1. The molecule has 0 rings (SSSR count). The zero-order valence-electron chi connectivity index (χ0n) is 15.1. The molecule has 0 spiro atoms. The molecule has 1 radical (unpaired) electrons. The molecule has 0 bridgehead atoms. The summed E-state index contributed by atoms with van der Waals surface area (Å²) in [5.41, 5.74) is 0. The van der Waals surface area contributed by atoms with Crippen molar-refractivity contribution >= 4 is 11.8 Å². The van der Waals surface area contributed by atoms with Gasteiger partial charge in [-0.1, -0.05) is 72.1 Å². The Balaban J connectivity index is 3.60. The normalized spacial score (nSPS) is 16.7. The summed E-state index contributed by atoms with van der Waals surface area (Å²) < 4.78 is 0. The third kappa shape index (κ3) is 13.3. The van der Waals surface area contributed by atoms with Gasteiger partial charge >= 0.3 is 0 Å². The Hall–Kier alpha value is -0.0900. The highest BCUT2D eigenvalue weighted by Gasteiger charge is 2.06. The van der Waals surface area contributed by atoms with E-state index in [-0.39, 0.29) is 0 Å². The maximum Gasteiger partial charge on any atom is 0.0626 e. The molecule has 0 N–H and O–H groups in total. The van der Waals surface area contributed by atoms with Crippen LogP contribution in [0.1, 0.15) is 79.1 Å². The summed E-state index contributed by atoms with van der Waals surface area (Å²) in [4.78, 5) is 0. The van der Waals surface area contributed by atoms with E-state index < -0.39 is 0 Å². The first-order valence-electron chi connectivity index (χ1n) is 8.80. The molecule has 0 heterocycles. The Morgan fingerprint density at radius 2 is 1.38 bits per heavy atom. The molecule has 0 saturated carbocycles. The van der Waals surface area contributed by atoms with Crippen LogP contribution in [0.3, 0.4) is 0 Å². The van der Waals surface area contributed by atoms with Crippen molar-refractivity contribution in [3.63, 3.8) is 0 Å². The van der Waals surface area contributed by atoms with Gasteiger partial charge < -0.3 is 0 Å². The van der Waals surface area contributed by atoms with E-state index in [2.05, 4.69) is 52.7 Å². The minimum absolute atomic E-state index is 0.484. The summed E-state index contributed by atoms with van der Waals surface area (Å²) in [6.45, 7) is 13.2. The van der Waals surface area contributed by atoms with Gasteiger partial charge in [-0.05, 0) is 37.4 Å². The number of rotatable bonds is 11. The average Bonchev–Trinajstić information content (AvgIpc) is 2.46. The lowest BCUT2D eigenvalue weighted by atomic mass is 9.92. The van der Waals surface area contributed by atoms with Crippen LogP contribution in [0.5, 0.6) is 0 Å². The topological polar surface area (TPSA) is 0 Å². The Morgan fingerprint density at radius 1 is 0.857 bits per heavy atom. The first-order valence-corrected chi connectivity index (χ1v) is 10.1. The fourth-order valence-electron chi connectivity index (χ4n) is 2.46. The Kier molecular flexibility index (Phi) is 13.5. The summed E-state index contributed by atoms with van der Waals surface area (Å²) in [6.07, 6.45) is 12.5. The van der Waals surface area contributed by atoms with Gasteiger partial charge in [0.15, 0.2) is 0 Å². The van der Waals surface area contributed by atoms with Crippen molar-refractivity contribution in [3.05, 3.63) is 6.92 Å². The van der Waals surface area contributed by atoms with Gasteiger partial charge in [0, 0.05) is 6.42 Å². The lowest BCUT2D eigenvalue weighted by molar-refractivity contribution is 0.396. The van der Waals surface area contributed by atoms with Crippen LogP contribution in [0.25, 0.3) is 0 Å². The van der Waals surface area contributed by atoms with Gasteiger partial charge in [-0.15, -0.1) is 17.7 Å². The predicted octanol–water partition coefficient (Wildman–Crippen LogP) is 6.60. The lowest BCUT2D eigenvalue weighted by Crippen LogP contribution is -2.00. The maximum absolute atomic E-state index is 3.98. The largest absolute Gasteiger partial charge is 0.149 e. The fraction of sp³-hybridized carbons (Fsp3) is 0.850. The van der Waals surface area contributed by atoms with Crippen LogP contribution in [0.15, 0.2) is 0 Å². The lowest BCUT2D eigenvalue weighted by Gasteiger charge is -2.14. The van der Waals surface area contributed by atoms with Gasteiger partial charge in [0.1, 0.15) is 0 Å². The van der Waals surface area contributed by atoms with Crippen molar-refractivity contribution in [1.82, 2.24) is 0 Å². The zero-order chi connectivity index (χ0) is 16.1. The molecular formula is C20H37S. The monoisotopic (exact) mass is 309 g/mol. The Morgan fingerprint density at radius 3 is 1.90 bits per heavy atom. The van der Waals surface area contributed by atoms with E-state index in [1.54, 1.807) is 0 Å². The van der Waals surface area contributed by atoms with Crippen molar-refractivity contribution in [3.8, 4) is 11.8 Å². The van der Waals surface area contributed by atoms with Crippen LogP contribution in [-0.4, -0.2) is 11.5 Å². The molecule has 0 aliphatic heterocycles. The minimum Gasteiger partial charge on any atom is -0.149 e. The summed E-state index contributed by atoms with van der Waals surface area (Å²) >= 11 is 1.83. The SMILES string of the molecule is [CH2]CC(C)CCCC(C)CCCC(C)CC#CC(C)SC. The average molecular weight is 310 g/mol. The fourth-order valence-corrected chi connectivity index (χ4v) is 2.66. The highest BCUT2D eigenvalue weighted by atomic mass is 32.2. The van der Waals surface area contributed by atoms with Crippen LogP contribution in [-0.2, 0) is 0 Å². The molecule has 123 valence electrons. The molecule has 4 atom stereocenters. The predicted molar refractivity (Wildman–Crippen MR) is 101 cm³/mol. The molecule has 0 saturated heterocycles. The standard InChI is InChI=1S/C20H37S/c1-7-17(2)11-8-12-18(3)13-9-14-19(4)15-10-16-20(5)21-6/h17-20H,1,7-9,11-15H2,2-6H3. The zero-order valence-corrected chi connectivity index (χ0v) is 15.9. The van der Waals surface area contributed by atoms with Crippen molar-refractivity contribution in [2.75, 3.05) is 6.26 Å². The molecule has 21 heavy (non-hydrogen) atoms. The van der Waals surface area contributed by atoms with Gasteiger partial charge in [-0.2, -0.15) is 0 Å². The molecule has 0 aliphatic rings. The third-order valence-electron chi connectivity index (χ3n) is 4.39. The Labute approximate surface area is 139 Å². The summed E-state index contributed by atoms with van der Waals surface area (Å²) in [7, 11) is 0. The summed E-state index contributed by atoms with van der Waals surface area (Å²) in [5.74, 6) is 9.11. The van der Waals surface area contributed by atoms with Crippen molar-refractivity contribution in [2.24, 2.45) is 17.8 Å². The van der Waals surface area contributed by atoms with Crippen LogP contribution in [0.4, 0.5) is 0 Å². The molecule has 4 unspecified atom stereocenters. The highest BCUT2D eigenvalue weighted by molar-refractivity contribution is 7.99. The second kappa shape index (κ2) is 13.6. The number of hydrogen-bond acceptors (Lipinski definition) is 1. The third-order valence-corrected chi connectivity index (χ3v) is 5.21. The molecule has 0 fully saturated rings. The first-order chi connectivity index (χ1) is 9.99. The van der Waals surface area contributed by atoms with Gasteiger partial charge in [-0.3, -0.25) is 0 Å². The van der Waals surface area contributed by atoms with E-state index in [1.807, 2.05) is 11.8 Å². The smallest absolute Gasteiger partial charge is 0.0626 e. The second-order valence-corrected chi connectivity index (χ2v) is 8.05. The van der Waals surface area contributed by atoms with Crippen molar-refractivity contribution < 1.29 is 0 Å². The quantitative estimate of drug-likeness (QED) is 0.387. The molecule has 1 heteroatoms. The summed E-state index contributed by atoms with van der Waals surface area (Å²) in [5, 5.41) is 0.484. The Bertz CT molecular complexity index is 286. The van der Waals surface area contributed by atoms with Gasteiger partial charge in [0.05, 0.1) is 5.25 Å². The van der Waals surface area contributed by atoms with Crippen LogP contribution in [0.2, 0.25) is 0 Å². The van der Waals surface area contributed by atoms with Gasteiger partial charge in [-0.25, -0.2) is 0 Å². The molecule has 0 amide bonds. The first kappa shape index (κ1) is 20.9. The van der Waals surface area contributed by atoms with E-state index in [4.69, 9.17) is 0 Å². The van der Waals surface area contributed by atoms with E-state index >= 15 is 0 Å². The maximum atomic E-state index is 3.98. The second-order valence-electron chi connectivity index (χ2n) is 6.87. The van der Waals surface area contributed by atoms with E-state index in [0.717, 1.165) is 30.6 Å². The van der Waals surface area contributed by atoms with Crippen LogP contribution in [0, 0.1) is 36.5 Å². The van der Waals surface area contributed by atoms with E-state index in [0.29, 0.717) is 5.25 Å². The van der Waals surface area contributed by atoms with Crippen LogP contribution < -0.4 is 0 Å². The van der Waals surface area contributed by atoms with Gasteiger partial charge in [0.25, 0.3) is 0 Å². The molecular weight excluding hydrogens is 272 g/mol. The van der Waals surface area contributed by atoms with Crippen molar-refractivity contribution in [1.29, 1.82) is 0 Å². The van der Waals surface area contributed by atoms with E-state index in [9.17, 15) is 0 Å². The van der Waals surface area contributed by atoms with Gasteiger partial charge in [0.2, 0.25) is 0 Å². The molecule has 0 aromatic carbocycles. The van der Waals surface area contributed by atoms with Crippen LogP contribution >= 0.6 is 11.8 Å². The number of hydrogen-bond donors (Lipinski definition) is 0. The summed E-state index contributed by atoms with van der Waals surface area (Å²) in [6, 6.07) is 0. The molecule has 0 aliphatic carbocycles. The van der Waals surface area contributed by atoms with Crippen molar-refractivity contribution in [2.45, 2.75) is 84.3 Å². The molecule has 0 nitrogen and oxygen atoms in total. The highest BCUT2D eigenvalue weighted by Crippen LogP contribution is 2.20. The molecule has 0 aromatic rings. The van der Waals surface area contributed by atoms with E-state index in [1.165, 1.54) is 38.5 Å². The minimum atomic E-state index is 0.484. The molecule has 0 aromatic heterocycles.